The van der Waals surface area contributed by atoms with Crippen molar-refractivity contribution in [3.8, 4) is 11.3 Å². The molecule has 0 radical (unpaired) electrons. The molecule has 5 nitrogen and oxygen atoms in total. The summed E-state index contributed by atoms with van der Waals surface area (Å²) in [5.41, 5.74) is -0.131. The zero-order valence-electron chi connectivity index (χ0n) is 9.92. The normalized spacial score (nSPS) is 10.5. The van der Waals surface area contributed by atoms with Crippen LogP contribution in [0.2, 0.25) is 0 Å². The first-order valence-corrected chi connectivity index (χ1v) is 5.68. The highest BCUT2D eigenvalue weighted by Crippen LogP contribution is 2.22. The Labute approximate surface area is 103 Å². The van der Waals surface area contributed by atoms with Gasteiger partial charge in [-0.15, -0.1) is 0 Å². The fourth-order valence-electron chi connectivity index (χ4n) is 1.85. The Morgan fingerprint density at radius 2 is 2.00 bits per heavy atom. The Hall–Kier alpha value is -2.30. The van der Waals surface area contributed by atoms with Gasteiger partial charge in [0, 0.05) is 5.56 Å². The predicted octanol–water partition coefficient (Wildman–Crippen LogP) is 2.22. The van der Waals surface area contributed by atoms with Gasteiger partial charge in [-0.3, -0.25) is 0 Å². The summed E-state index contributed by atoms with van der Waals surface area (Å²) < 4.78 is 6.33. The fourth-order valence-corrected chi connectivity index (χ4v) is 1.85. The molecule has 0 aliphatic carbocycles. The van der Waals surface area contributed by atoms with Crippen LogP contribution in [0.5, 0.6) is 0 Å². The van der Waals surface area contributed by atoms with Gasteiger partial charge >= 0.3 is 11.6 Å². The van der Waals surface area contributed by atoms with Crippen LogP contribution in [-0.2, 0) is 6.54 Å². The molecule has 1 aromatic heterocycles. The number of carboxylic acids is 1. The summed E-state index contributed by atoms with van der Waals surface area (Å²) in [6, 6.07) is 8.90. The van der Waals surface area contributed by atoms with E-state index in [0.29, 0.717) is 17.8 Å². The van der Waals surface area contributed by atoms with Crippen molar-refractivity contribution >= 4 is 5.97 Å². The van der Waals surface area contributed by atoms with Crippen LogP contribution in [0, 0.1) is 0 Å². The number of hydrogen-bond donors (Lipinski definition) is 1. The monoisotopic (exact) mass is 247 g/mol. The second-order valence-electron chi connectivity index (χ2n) is 3.88. The fraction of sp³-hybridized carbons (Fsp3) is 0.231. The zero-order chi connectivity index (χ0) is 13.1. The zero-order valence-corrected chi connectivity index (χ0v) is 9.92. The van der Waals surface area contributed by atoms with Crippen molar-refractivity contribution in [2.45, 2.75) is 19.9 Å². The summed E-state index contributed by atoms with van der Waals surface area (Å²) in [4.78, 5) is 22.7. The molecule has 0 unspecified atom stereocenters. The van der Waals surface area contributed by atoms with E-state index in [1.807, 2.05) is 13.0 Å². The molecule has 5 heteroatoms. The van der Waals surface area contributed by atoms with Crippen LogP contribution < -0.4 is 5.63 Å². The molecule has 1 aromatic carbocycles. The molecule has 0 atom stereocenters. The van der Waals surface area contributed by atoms with Crippen LogP contribution in [0.3, 0.4) is 0 Å². The van der Waals surface area contributed by atoms with E-state index in [4.69, 9.17) is 9.63 Å². The van der Waals surface area contributed by atoms with E-state index < -0.39 is 11.6 Å². The first kappa shape index (κ1) is 12.2. The van der Waals surface area contributed by atoms with Crippen LogP contribution in [0.1, 0.15) is 23.7 Å². The maximum Gasteiger partial charge on any atom is 0.372 e. The number of hydrogen-bond acceptors (Lipinski definition) is 3. The number of rotatable bonds is 4. The van der Waals surface area contributed by atoms with Gasteiger partial charge in [0.15, 0.2) is 5.56 Å². The lowest BCUT2D eigenvalue weighted by atomic mass is 10.1. The highest BCUT2D eigenvalue weighted by molar-refractivity contribution is 5.94. The van der Waals surface area contributed by atoms with Crippen molar-refractivity contribution in [1.82, 2.24) is 4.74 Å². The Bertz CT molecular complexity index is 610. The summed E-state index contributed by atoms with van der Waals surface area (Å²) in [7, 11) is 0. The van der Waals surface area contributed by atoms with Crippen molar-refractivity contribution in [2.75, 3.05) is 0 Å². The predicted molar refractivity (Wildman–Crippen MR) is 65.7 cm³/mol. The summed E-state index contributed by atoms with van der Waals surface area (Å²) in [6.45, 7) is 2.39. The molecule has 18 heavy (non-hydrogen) atoms. The van der Waals surface area contributed by atoms with Crippen LogP contribution in [0.4, 0.5) is 0 Å². The van der Waals surface area contributed by atoms with E-state index >= 15 is 0 Å². The molecule has 0 fully saturated rings. The molecule has 0 spiro atoms. The van der Waals surface area contributed by atoms with Crippen LogP contribution in [-0.4, -0.2) is 15.8 Å². The first-order chi connectivity index (χ1) is 8.65. The molecular weight excluding hydrogens is 234 g/mol. The summed E-state index contributed by atoms with van der Waals surface area (Å²) in [5, 5.41) is 9.12. The van der Waals surface area contributed by atoms with Crippen molar-refractivity contribution < 1.29 is 14.4 Å². The van der Waals surface area contributed by atoms with E-state index in [1.165, 1.54) is 4.74 Å². The number of carbonyl (C=O) groups is 1. The van der Waals surface area contributed by atoms with Gasteiger partial charge in [-0.05, 0) is 6.42 Å². The van der Waals surface area contributed by atoms with Crippen molar-refractivity contribution in [2.24, 2.45) is 0 Å². The molecule has 1 N–H and O–H groups in total. The molecular formula is C13H13NO4. The van der Waals surface area contributed by atoms with E-state index in [9.17, 15) is 9.59 Å². The van der Waals surface area contributed by atoms with Gasteiger partial charge in [0.25, 0.3) is 0 Å². The van der Waals surface area contributed by atoms with Gasteiger partial charge in [-0.2, -0.15) is 0 Å². The van der Waals surface area contributed by atoms with Gasteiger partial charge in [-0.25, -0.2) is 14.3 Å². The van der Waals surface area contributed by atoms with E-state index in [-0.39, 0.29) is 5.56 Å². The van der Waals surface area contributed by atoms with E-state index in [0.717, 1.165) is 6.42 Å². The summed E-state index contributed by atoms with van der Waals surface area (Å²) in [5.74, 6) is -1.27. The smallest absolute Gasteiger partial charge is 0.372 e. The molecule has 2 rings (SSSR count). The number of aryl methyl sites for hydroxylation is 1. The molecule has 1 heterocycles. The molecule has 0 bridgehead atoms. The minimum absolute atomic E-state index is 0.311. The lowest BCUT2D eigenvalue weighted by Gasteiger charge is -2.05. The topological polar surface area (TPSA) is 72.4 Å². The lowest BCUT2D eigenvalue weighted by Crippen LogP contribution is -2.09. The summed E-state index contributed by atoms with van der Waals surface area (Å²) in [6.07, 6.45) is 0.747. The van der Waals surface area contributed by atoms with Gasteiger partial charge in [0.2, 0.25) is 0 Å². The largest absolute Gasteiger partial charge is 0.477 e. The van der Waals surface area contributed by atoms with Gasteiger partial charge in [0.05, 0.1) is 6.54 Å². The highest BCUT2D eigenvalue weighted by atomic mass is 16.5. The molecule has 2 aromatic rings. The third-order valence-electron chi connectivity index (χ3n) is 2.57. The van der Waals surface area contributed by atoms with Crippen molar-refractivity contribution in [1.29, 1.82) is 0 Å². The second-order valence-corrected chi connectivity index (χ2v) is 3.88. The summed E-state index contributed by atoms with van der Waals surface area (Å²) >= 11 is 0. The second kappa shape index (κ2) is 4.91. The molecule has 0 saturated heterocycles. The molecule has 0 saturated carbocycles. The standard InChI is InChI=1S/C13H13NO4/c1-2-8-14-11(9-6-4-3-5-7-9)10(12(15)16)13(17)18-14/h3-7H,2,8H2,1H3,(H,15,16). The Morgan fingerprint density at radius 1 is 1.33 bits per heavy atom. The maximum absolute atomic E-state index is 11.6. The SMILES string of the molecule is CCCn1oc(=O)c(C(=O)O)c1-c1ccccc1. The quantitative estimate of drug-likeness (QED) is 0.899. The molecule has 0 aliphatic rings. The minimum Gasteiger partial charge on any atom is -0.477 e. The number of aromatic nitrogens is 1. The third kappa shape index (κ3) is 2.07. The lowest BCUT2D eigenvalue weighted by molar-refractivity contribution is 0.0695. The molecule has 0 aliphatic heterocycles. The average Bonchev–Trinajstić information content (AvgIpc) is 2.67. The van der Waals surface area contributed by atoms with Crippen LogP contribution >= 0.6 is 0 Å². The Morgan fingerprint density at radius 3 is 2.56 bits per heavy atom. The number of benzene rings is 1. The number of carboxylic acid groups (broad SMARTS) is 1. The first-order valence-electron chi connectivity index (χ1n) is 5.68. The van der Waals surface area contributed by atoms with Crippen LogP contribution in [0.15, 0.2) is 39.6 Å². The number of nitrogens with zero attached hydrogens (tertiary/aromatic N) is 1. The van der Waals surface area contributed by atoms with Crippen molar-refractivity contribution in [3.63, 3.8) is 0 Å². The van der Waals surface area contributed by atoms with Gasteiger partial charge in [-0.1, -0.05) is 37.3 Å². The number of aromatic carboxylic acids is 1. The van der Waals surface area contributed by atoms with Crippen molar-refractivity contribution in [3.05, 3.63) is 46.3 Å². The average molecular weight is 247 g/mol. The molecule has 94 valence electrons. The minimum atomic E-state index is -1.27. The highest BCUT2D eigenvalue weighted by Gasteiger charge is 2.23. The Kier molecular flexibility index (Phi) is 3.32. The van der Waals surface area contributed by atoms with E-state index in [1.54, 1.807) is 24.3 Å². The van der Waals surface area contributed by atoms with Crippen LogP contribution in [0.25, 0.3) is 11.3 Å². The van der Waals surface area contributed by atoms with E-state index in [2.05, 4.69) is 0 Å². The van der Waals surface area contributed by atoms with Gasteiger partial charge in [0.1, 0.15) is 5.69 Å². The Balaban J connectivity index is 2.69. The third-order valence-corrected chi connectivity index (χ3v) is 2.57. The van der Waals surface area contributed by atoms with Gasteiger partial charge < -0.3 is 9.63 Å². The molecule has 0 amide bonds. The maximum atomic E-state index is 11.6.